The third-order valence-corrected chi connectivity index (χ3v) is 6.45. The van der Waals surface area contributed by atoms with E-state index in [0.717, 1.165) is 11.1 Å². The molecule has 7 nitrogen and oxygen atoms in total. The van der Waals surface area contributed by atoms with Crippen molar-refractivity contribution in [1.29, 1.82) is 0 Å². The van der Waals surface area contributed by atoms with Gasteiger partial charge >= 0.3 is 5.97 Å². The summed E-state index contributed by atoms with van der Waals surface area (Å²) in [4.78, 5) is 37.9. The second-order valence-corrected chi connectivity index (χ2v) is 7.99. The van der Waals surface area contributed by atoms with Crippen LogP contribution in [-0.2, 0) is 19.1 Å². The molecule has 4 rings (SSSR count). The highest BCUT2D eigenvalue weighted by atomic mass is 32.2. The van der Waals surface area contributed by atoms with Crippen molar-refractivity contribution in [3.8, 4) is 0 Å². The summed E-state index contributed by atoms with van der Waals surface area (Å²) in [5.41, 5.74) is 2.08. The maximum Gasteiger partial charge on any atom is 0.356 e. The van der Waals surface area contributed by atoms with Crippen molar-refractivity contribution in [3.63, 3.8) is 0 Å². The molecule has 1 saturated heterocycles. The van der Waals surface area contributed by atoms with Crippen molar-refractivity contribution in [3.05, 3.63) is 83.1 Å². The molecule has 0 saturated carbocycles. The first-order chi connectivity index (χ1) is 14.7. The van der Waals surface area contributed by atoms with Gasteiger partial charge in [-0.3, -0.25) is 14.5 Å². The zero-order valence-electron chi connectivity index (χ0n) is 15.9. The lowest BCUT2D eigenvalue weighted by Gasteiger charge is -2.49. The predicted octanol–water partition coefficient (Wildman–Crippen LogP) is 1.60. The van der Waals surface area contributed by atoms with Gasteiger partial charge in [0.2, 0.25) is 6.41 Å². The minimum atomic E-state index is -0.686. The number of hydrogen-bond donors (Lipinski definition) is 2. The fourth-order valence-corrected chi connectivity index (χ4v) is 4.98. The van der Waals surface area contributed by atoms with E-state index in [-0.39, 0.29) is 12.3 Å². The molecule has 2 aliphatic heterocycles. The number of carbonyl (C=O) groups is 3. The quantitative estimate of drug-likeness (QED) is 0.398. The number of nitrogens with zero attached hydrogens (tertiary/aromatic N) is 1. The van der Waals surface area contributed by atoms with Gasteiger partial charge in [0.05, 0.1) is 6.61 Å². The molecule has 2 atom stereocenters. The Bertz CT molecular complexity index is 940. The zero-order valence-corrected chi connectivity index (χ0v) is 16.7. The maximum absolute atomic E-state index is 13.2. The lowest BCUT2D eigenvalue weighted by Crippen LogP contribution is -2.69. The molecule has 154 valence electrons. The summed E-state index contributed by atoms with van der Waals surface area (Å²) in [6.07, 6.45) is -0.189. The van der Waals surface area contributed by atoms with Crippen molar-refractivity contribution in [2.75, 3.05) is 12.4 Å². The molecule has 0 spiro atoms. The van der Waals surface area contributed by atoms with Gasteiger partial charge in [0.15, 0.2) is 6.10 Å². The van der Waals surface area contributed by atoms with Crippen LogP contribution >= 0.6 is 11.8 Å². The summed E-state index contributed by atoms with van der Waals surface area (Å²) >= 11 is 1.39. The monoisotopic (exact) mass is 424 g/mol. The Morgan fingerprint density at radius 1 is 1.17 bits per heavy atom. The number of esters is 1. The summed E-state index contributed by atoms with van der Waals surface area (Å²) < 4.78 is 5.89. The Morgan fingerprint density at radius 2 is 1.77 bits per heavy atom. The third kappa shape index (κ3) is 3.59. The Hall–Kier alpha value is -3.10. The number of β-lactam (4-membered cyclic amide) rings is 1. The number of thioether (sulfide) groups is 1. The van der Waals surface area contributed by atoms with E-state index >= 15 is 0 Å². The first kappa shape index (κ1) is 20.2. The first-order valence-corrected chi connectivity index (χ1v) is 10.5. The highest BCUT2D eigenvalue weighted by Crippen LogP contribution is 2.41. The molecule has 0 aromatic heterocycles. The number of aliphatic hydroxyl groups is 1. The number of hydrogen-bond acceptors (Lipinski definition) is 6. The van der Waals surface area contributed by atoms with Crippen LogP contribution in [0, 0.1) is 0 Å². The predicted molar refractivity (Wildman–Crippen MR) is 111 cm³/mol. The van der Waals surface area contributed by atoms with Gasteiger partial charge in [0.1, 0.15) is 17.1 Å². The van der Waals surface area contributed by atoms with Crippen LogP contribution in [0.1, 0.15) is 17.2 Å². The van der Waals surface area contributed by atoms with Gasteiger partial charge < -0.3 is 15.2 Å². The molecule has 0 radical (unpaired) electrons. The lowest BCUT2D eigenvalue weighted by atomic mass is 10.0. The second-order valence-electron chi connectivity index (χ2n) is 6.89. The van der Waals surface area contributed by atoms with Gasteiger partial charge in [-0.2, -0.15) is 0 Å². The van der Waals surface area contributed by atoms with E-state index < -0.39 is 29.4 Å². The molecule has 2 amide bonds. The van der Waals surface area contributed by atoms with Crippen LogP contribution < -0.4 is 5.32 Å². The van der Waals surface area contributed by atoms with Crippen molar-refractivity contribution in [2.24, 2.45) is 0 Å². The van der Waals surface area contributed by atoms with Crippen LogP contribution in [0.3, 0.4) is 0 Å². The minimum Gasteiger partial charge on any atom is -0.448 e. The number of nitrogens with one attached hydrogen (secondary N) is 1. The molecule has 2 aliphatic rings. The Morgan fingerprint density at radius 3 is 2.30 bits per heavy atom. The zero-order chi connectivity index (χ0) is 21.1. The van der Waals surface area contributed by atoms with Crippen LogP contribution in [0.5, 0.6) is 0 Å². The van der Waals surface area contributed by atoms with Crippen LogP contribution in [-0.4, -0.2) is 52.1 Å². The summed E-state index contributed by atoms with van der Waals surface area (Å²) in [5.74, 6) is -0.707. The van der Waals surface area contributed by atoms with E-state index in [1.165, 1.54) is 16.7 Å². The van der Waals surface area contributed by atoms with Gasteiger partial charge in [-0.1, -0.05) is 60.7 Å². The highest BCUT2D eigenvalue weighted by Gasteiger charge is 2.53. The largest absolute Gasteiger partial charge is 0.448 e. The van der Waals surface area contributed by atoms with E-state index in [2.05, 4.69) is 5.32 Å². The molecule has 0 aliphatic carbocycles. The summed E-state index contributed by atoms with van der Waals surface area (Å²) in [6, 6.07) is 18.0. The minimum absolute atomic E-state index is 0.0621. The molecule has 1 fully saturated rings. The summed E-state index contributed by atoms with van der Waals surface area (Å²) in [6.45, 7) is -0.360. The van der Waals surface area contributed by atoms with Gasteiger partial charge in [-0.15, -0.1) is 11.8 Å². The van der Waals surface area contributed by atoms with Crippen molar-refractivity contribution in [2.45, 2.75) is 17.5 Å². The number of amides is 2. The van der Waals surface area contributed by atoms with E-state index in [0.29, 0.717) is 17.7 Å². The molecule has 2 aromatic carbocycles. The Kier molecular flexibility index (Phi) is 5.87. The van der Waals surface area contributed by atoms with E-state index in [9.17, 15) is 19.5 Å². The summed E-state index contributed by atoms with van der Waals surface area (Å²) in [7, 11) is 0. The molecular formula is C22H20N2O5S. The molecule has 2 heterocycles. The van der Waals surface area contributed by atoms with Crippen LogP contribution in [0.4, 0.5) is 0 Å². The van der Waals surface area contributed by atoms with Gasteiger partial charge in [0, 0.05) is 5.75 Å². The number of rotatable bonds is 7. The van der Waals surface area contributed by atoms with E-state index in [4.69, 9.17) is 4.74 Å². The average molecular weight is 424 g/mol. The Labute approximate surface area is 177 Å². The SMILES string of the molecule is O=CNC1C(=O)N2C(C(=O)OC(c3ccccc3)c3ccccc3)=C(CO)CSC12. The molecule has 2 N–H and O–H groups in total. The standard InChI is InChI=1S/C22H20N2O5S/c25-11-16-12-30-21-17(23-13-26)20(27)24(21)18(16)22(28)29-19(14-7-3-1-4-8-14)15-9-5-2-6-10-15/h1-10,13,17,19,21,25H,11-12H2,(H,23,26). The molecule has 0 bridgehead atoms. The smallest absolute Gasteiger partial charge is 0.356 e. The van der Waals surface area contributed by atoms with Crippen LogP contribution in [0.25, 0.3) is 0 Å². The van der Waals surface area contributed by atoms with Crippen LogP contribution in [0.2, 0.25) is 0 Å². The van der Waals surface area contributed by atoms with E-state index in [1.807, 2.05) is 60.7 Å². The average Bonchev–Trinajstić information content (AvgIpc) is 2.80. The maximum atomic E-state index is 13.2. The molecule has 2 unspecified atom stereocenters. The van der Waals surface area contributed by atoms with Gasteiger partial charge in [-0.25, -0.2) is 4.79 Å². The second kappa shape index (κ2) is 8.73. The van der Waals surface area contributed by atoms with Crippen LogP contribution in [0.15, 0.2) is 71.9 Å². The Balaban J connectivity index is 1.65. The number of ether oxygens (including phenoxy) is 1. The van der Waals surface area contributed by atoms with E-state index in [1.54, 1.807) is 0 Å². The fraction of sp³-hybridized carbons (Fsp3) is 0.227. The number of fused-ring (bicyclic) bond motifs is 1. The summed E-state index contributed by atoms with van der Waals surface area (Å²) in [5, 5.41) is 11.9. The van der Waals surface area contributed by atoms with Crippen molar-refractivity contribution >= 4 is 30.0 Å². The third-order valence-electron chi connectivity index (χ3n) is 5.11. The topological polar surface area (TPSA) is 95.9 Å². The lowest BCUT2D eigenvalue weighted by molar-refractivity contribution is -0.154. The number of benzene rings is 2. The van der Waals surface area contributed by atoms with Crippen molar-refractivity contribution in [1.82, 2.24) is 10.2 Å². The molecule has 2 aromatic rings. The molecule has 8 heteroatoms. The highest BCUT2D eigenvalue weighted by molar-refractivity contribution is 8.00. The van der Waals surface area contributed by atoms with Gasteiger partial charge in [-0.05, 0) is 16.7 Å². The number of aliphatic hydroxyl groups excluding tert-OH is 1. The fourth-order valence-electron chi connectivity index (χ4n) is 3.63. The normalized spacial score (nSPS) is 20.5. The van der Waals surface area contributed by atoms with Crippen molar-refractivity contribution < 1.29 is 24.2 Å². The number of carbonyl (C=O) groups excluding carboxylic acids is 3. The van der Waals surface area contributed by atoms with Gasteiger partial charge in [0.25, 0.3) is 5.91 Å². The molecular weight excluding hydrogens is 404 g/mol. The molecule has 30 heavy (non-hydrogen) atoms. The first-order valence-electron chi connectivity index (χ1n) is 9.43.